The van der Waals surface area contributed by atoms with Crippen molar-refractivity contribution >= 4 is 17.2 Å². The van der Waals surface area contributed by atoms with E-state index in [0.29, 0.717) is 17.9 Å². The van der Waals surface area contributed by atoms with Gasteiger partial charge in [0.25, 0.3) is 0 Å². The minimum Gasteiger partial charge on any atom is -0.491 e. The number of benzene rings is 1. The smallest absolute Gasteiger partial charge is 0.154 e. The third-order valence-electron chi connectivity index (χ3n) is 2.20. The third-order valence-corrected chi connectivity index (χ3v) is 2.20. The largest absolute Gasteiger partial charge is 0.491 e. The topological polar surface area (TPSA) is 39.2 Å². The van der Waals surface area contributed by atoms with Crippen molar-refractivity contribution in [2.75, 3.05) is 6.61 Å². The maximum absolute atomic E-state index is 11.0. The first-order valence-corrected chi connectivity index (χ1v) is 4.82. The van der Waals surface area contributed by atoms with Crippen molar-refractivity contribution in [3.8, 4) is 5.75 Å². The van der Waals surface area contributed by atoms with Gasteiger partial charge in [0.1, 0.15) is 5.75 Å². The molecule has 1 aromatic carbocycles. The summed E-state index contributed by atoms with van der Waals surface area (Å²) in [6.45, 7) is 2.41. The standard InChI is InChI=1S/C12H11NO2/c1-2-15-12-7-13-11-6-4-3-5-9(11)10(12)8-14/h3-8H,2H2,1H3. The van der Waals surface area contributed by atoms with E-state index in [4.69, 9.17) is 4.74 Å². The van der Waals surface area contributed by atoms with Crippen LogP contribution in [-0.4, -0.2) is 17.9 Å². The Hall–Kier alpha value is -1.90. The van der Waals surface area contributed by atoms with E-state index in [1.165, 1.54) is 0 Å². The molecule has 1 aromatic heterocycles. The molecule has 2 aromatic rings. The Morgan fingerprint density at radius 2 is 2.20 bits per heavy atom. The number of rotatable bonds is 3. The molecule has 0 aliphatic rings. The first kappa shape index (κ1) is 9.65. The van der Waals surface area contributed by atoms with Crippen LogP contribution in [0, 0.1) is 0 Å². The molecule has 15 heavy (non-hydrogen) atoms. The highest BCUT2D eigenvalue weighted by molar-refractivity contribution is 5.98. The van der Waals surface area contributed by atoms with E-state index in [9.17, 15) is 4.79 Å². The molecule has 0 atom stereocenters. The molecule has 0 aliphatic carbocycles. The van der Waals surface area contributed by atoms with Gasteiger partial charge in [0.05, 0.1) is 23.9 Å². The lowest BCUT2D eigenvalue weighted by Crippen LogP contribution is -1.98. The molecule has 0 unspecified atom stereocenters. The Labute approximate surface area is 87.7 Å². The van der Waals surface area contributed by atoms with Crippen LogP contribution < -0.4 is 4.74 Å². The molecule has 3 heteroatoms. The summed E-state index contributed by atoms with van der Waals surface area (Å²) in [6, 6.07) is 7.52. The number of pyridine rings is 1. The van der Waals surface area contributed by atoms with Gasteiger partial charge in [-0.05, 0) is 13.0 Å². The number of hydrogen-bond acceptors (Lipinski definition) is 3. The summed E-state index contributed by atoms with van der Waals surface area (Å²) in [6.07, 6.45) is 2.41. The molecule has 0 N–H and O–H groups in total. The van der Waals surface area contributed by atoms with Crippen LogP contribution in [0.25, 0.3) is 10.9 Å². The summed E-state index contributed by atoms with van der Waals surface area (Å²) in [5.74, 6) is 0.547. The van der Waals surface area contributed by atoms with E-state index in [0.717, 1.165) is 17.2 Å². The van der Waals surface area contributed by atoms with Gasteiger partial charge in [0.2, 0.25) is 0 Å². The summed E-state index contributed by atoms with van der Waals surface area (Å²) < 4.78 is 5.34. The first-order chi connectivity index (χ1) is 7.36. The van der Waals surface area contributed by atoms with Crippen molar-refractivity contribution in [1.82, 2.24) is 4.98 Å². The summed E-state index contributed by atoms with van der Waals surface area (Å²) in [5.41, 5.74) is 1.38. The molecule has 0 radical (unpaired) electrons. The van der Waals surface area contributed by atoms with Crippen LogP contribution in [0.3, 0.4) is 0 Å². The highest BCUT2D eigenvalue weighted by atomic mass is 16.5. The second-order valence-corrected chi connectivity index (χ2v) is 3.10. The summed E-state index contributed by atoms with van der Waals surface area (Å²) >= 11 is 0. The van der Waals surface area contributed by atoms with Crippen molar-refractivity contribution < 1.29 is 9.53 Å². The maximum Gasteiger partial charge on any atom is 0.154 e. The number of carbonyl (C=O) groups excluding carboxylic acids is 1. The fraction of sp³-hybridized carbons (Fsp3) is 0.167. The van der Waals surface area contributed by atoms with Crippen LogP contribution in [0.2, 0.25) is 0 Å². The highest BCUT2D eigenvalue weighted by Crippen LogP contribution is 2.24. The van der Waals surface area contributed by atoms with Gasteiger partial charge < -0.3 is 4.74 Å². The normalized spacial score (nSPS) is 10.2. The molecular formula is C12H11NO2. The van der Waals surface area contributed by atoms with E-state index < -0.39 is 0 Å². The highest BCUT2D eigenvalue weighted by Gasteiger charge is 2.07. The number of ether oxygens (including phenoxy) is 1. The lowest BCUT2D eigenvalue weighted by Gasteiger charge is -2.07. The van der Waals surface area contributed by atoms with Crippen LogP contribution in [0.1, 0.15) is 17.3 Å². The molecule has 0 saturated carbocycles. The van der Waals surface area contributed by atoms with E-state index in [2.05, 4.69) is 4.98 Å². The minimum atomic E-state index is 0.529. The van der Waals surface area contributed by atoms with Crippen LogP contribution in [0.5, 0.6) is 5.75 Å². The number of para-hydroxylation sites is 1. The SMILES string of the molecule is CCOc1cnc2ccccc2c1C=O. The number of aromatic nitrogens is 1. The molecule has 76 valence electrons. The molecule has 0 saturated heterocycles. The van der Waals surface area contributed by atoms with Crippen molar-refractivity contribution in [1.29, 1.82) is 0 Å². The first-order valence-electron chi connectivity index (χ1n) is 4.82. The second-order valence-electron chi connectivity index (χ2n) is 3.10. The van der Waals surface area contributed by atoms with Crippen LogP contribution in [-0.2, 0) is 0 Å². The summed E-state index contributed by atoms with van der Waals surface area (Å²) in [5, 5.41) is 0.832. The van der Waals surface area contributed by atoms with Crippen LogP contribution >= 0.6 is 0 Å². The van der Waals surface area contributed by atoms with E-state index >= 15 is 0 Å². The third kappa shape index (κ3) is 1.68. The number of carbonyl (C=O) groups is 1. The molecule has 3 nitrogen and oxygen atoms in total. The van der Waals surface area contributed by atoms with Crippen molar-refractivity contribution in [2.45, 2.75) is 6.92 Å². The zero-order chi connectivity index (χ0) is 10.7. The Bertz CT molecular complexity index is 494. The van der Waals surface area contributed by atoms with E-state index in [1.54, 1.807) is 6.20 Å². The van der Waals surface area contributed by atoms with Crippen molar-refractivity contribution in [2.24, 2.45) is 0 Å². The zero-order valence-corrected chi connectivity index (χ0v) is 8.43. The van der Waals surface area contributed by atoms with E-state index in [1.807, 2.05) is 31.2 Å². The van der Waals surface area contributed by atoms with E-state index in [-0.39, 0.29) is 0 Å². The molecule has 0 bridgehead atoms. The van der Waals surface area contributed by atoms with Crippen LogP contribution in [0.4, 0.5) is 0 Å². The predicted octanol–water partition coefficient (Wildman–Crippen LogP) is 2.45. The van der Waals surface area contributed by atoms with Gasteiger partial charge in [0.15, 0.2) is 6.29 Å². The Balaban J connectivity index is 2.69. The van der Waals surface area contributed by atoms with Crippen LogP contribution in [0.15, 0.2) is 30.5 Å². The fourth-order valence-corrected chi connectivity index (χ4v) is 1.54. The number of aldehydes is 1. The predicted molar refractivity (Wildman–Crippen MR) is 58.3 cm³/mol. The summed E-state index contributed by atoms with van der Waals surface area (Å²) in [4.78, 5) is 15.2. The van der Waals surface area contributed by atoms with Gasteiger partial charge in [-0.15, -0.1) is 0 Å². The number of hydrogen-bond donors (Lipinski definition) is 0. The minimum absolute atomic E-state index is 0.529. The molecule has 2 rings (SSSR count). The maximum atomic E-state index is 11.0. The van der Waals surface area contributed by atoms with Crippen molar-refractivity contribution in [3.05, 3.63) is 36.0 Å². The molecule has 0 aliphatic heterocycles. The summed E-state index contributed by atoms with van der Waals surface area (Å²) in [7, 11) is 0. The van der Waals surface area contributed by atoms with Gasteiger partial charge in [-0.3, -0.25) is 9.78 Å². The quantitative estimate of drug-likeness (QED) is 0.716. The average Bonchev–Trinajstić information content (AvgIpc) is 2.29. The molecule has 0 fully saturated rings. The lowest BCUT2D eigenvalue weighted by molar-refractivity contribution is 0.112. The molecule has 0 spiro atoms. The molecule has 0 amide bonds. The van der Waals surface area contributed by atoms with Gasteiger partial charge in [-0.1, -0.05) is 18.2 Å². The number of nitrogens with zero attached hydrogens (tertiary/aromatic N) is 1. The zero-order valence-electron chi connectivity index (χ0n) is 8.43. The average molecular weight is 201 g/mol. The van der Waals surface area contributed by atoms with Gasteiger partial charge in [-0.25, -0.2) is 0 Å². The second kappa shape index (κ2) is 4.09. The lowest BCUT2D eigenvalue weighted by atomic mass is 10.1. The Morgan fingerprint density at radius 1 is 1.40 bits per heavy atom. The number of fused-ring (bicyclic) bond motifs is 1. The Kier molecular flexibility index (Phi) is 2.63. The van der Waals surface area contributed by atoms with Gasteiger partial charge in [-0.2, -0.15) is 0 Å². The fourth-order valence-electron chi connectivity index (χ4n) is 1.54. The van der Waals surface area contributed by atoms with Gasteiger partial charge >= 0.3 is 0 Å². The molecular weight excluding hydrogens is 190 g/mol. The molecule has 1 heterocycles. The van der Waals surface area contributed by atoms with Gasteiger partial charge in [0, 0.05) is 5.39 Å². The monoisotopic (exact) mass is 201 g/mol. The van der Waals surface area contributed by atoms with Crippen molar-refractivity contribution in [3.63, 3.8) is 0 Å². The Morgan fingerprint density at radius 3 is 2.93 bits per heavy atom.